The zero-order valence-electron chi connectivity index (χ0n) is 19.4. The summed E-state index contributed by atoms with van der Waals surface area (Å²) < 4.78 is 13.3. The molecule has 0 aromatic heterocycles. The Morgan fingerprint density at radius 3 is 2.16 bits per heavy atom. The first-order chi connectivity index (χ1) is 15.3. The molecule has 1 atom stereocenters. The highest BCUT2D eigenvalue weighted by atomic mass is 19.1. The van der Waals surface area contributed by atoms with Gasteiger partial charge in [-0.05, 0) is 60.9 Å². The van der Waals surface area contributed by atoms with Gasteiger partial charge < -0.3 is 10.2 Å². The highest BCUT2D eigenvalue weighted by Gasteiger charge is 2.28. The van der Waals surface area contributed by atoms with Crippen molar-refractivity contribution in [3.63, 3.8) is 0 Å². The summed E-state index contributed by atoms with van der Waals surface area (Å²) in [5.41, 5.74) is 3.18. The van der Waals surface area contributed by atoms with Crippen molar-refractivity contribution in [2.75, 3.05) is 0 Å². The summed E-state index contributed by atoms with van der Waals surface area (Å²) in [5, 5.41) is 3.11. The minimum Gasteiger partial charge on any atom is -0.352 e. The lowest BCUT2D eigenvalue weighted by Crippen LogP contribution is -2.49. The molecule has 0 spiro atoms. The van der Waals surface area contributed by atoms with Crippen LogP contribution in [0.25, 0.3) is 0 Å². The van der Waals surface area contributed by atoms with Crippen LogP contribution in [-0.4, -0.2) is 28.8 Å². The molecule has 32 heavy (non-hydrogen) atoms. The Hall–Kier alpha value is -2.69. The van der Waals surface area contributed by atoms with Gasteiger partial charge in [-0.3, -0.25) is 9.59 Å². The van der Waals surface area contributed by atoms with E-state index in [1.807, 2.05) is 0 Å². The molecule has 3 rings (SSSR count). The number of halogens is 1. The lowest BCUT2D eigenvalue weighted by molar-refractivity contribution is -0.140. The highest BCUT2D eigenvalue weighted by molar-refractivity contribution is 5.87. The molecule has 172 valence electrons. The van der Waals surface area contributed by atoms with Gasteiger partial charge in [-0.1, -0.05) is 63.1 Å². The first kappa shape index (κ1) is 24.0. The zero-order chi connectivity index (χ0) is 23.1. The minimum atomic E-state index is -0.587. The second-order valence-corrected chi connectivity index (χ2v) is 9.21. The summed E-state index contributed by atoms with van der Waals surface area (Å²) in [7, 11) is 0. The molecule has 0 bridgehead atoms. The van der Waals surface area contributed by atoms with Crippen molar-refractivity contribution in [2.24, 2.45) is 0 Å². The minimum absolute atomic E-state index is 0.0728. The van der Waals surface area contributed by atoms with E-state index >= 15 is 0 Å². The number of nitrogens with one attached hydrogen (secondary N) is 1. The average molecular weight is 439 g/mol. The van der Waals surface area contributed by atoms with Crippen molar-refractivity contribution >= 4 is 11.8 Å². The summed E-state index contributed by atoms with van der Waals surface area (Å²) in [6.07, 6.45) is 5.20. The fourth-order valence-corrected chi connectivity index (χ4v) is 4.23. The summed E-state index contributed by atoms with van der Waals surface area (Å²) in [6, 6.07) is 14.1. The number of hydrogen-bond acceptors (Lipinski definition) is 2. The molecule has 2 aromatic rings. The Bertz CT molecular complexity index is 887. The van der Waals surface area contributed by atoms with Crippen LogP contribution in [0.5, 0.6) is 0 Å². The van der Waals surface area contributed by atoms with E-state index in [0.29, 0.717) is 18.8 Å². The predicted molar refractivity (Wildman–Crippen MR) is 126 cm³/mol. The van der Waals surface area contributed by atoms with E-state index < -0.39 is 6.04 Å². The maximum absolute atomic E-state index is 13.3. The van der Waals surface area contributed by atoms with Gasteiger partial charge in [0.25, 0.3) is 0 Å². The monoisotopic (exact) mass is 438 g/mol. The van der Waals surface area contributed by atoms with E-state index in [1.54, 1.807) is 24.0 Å². The standard InChI is InChI=1S/C27H35FN2O2/c1-19(2)23-13-8-21(9-14-23)12-17-26(31)30(18-22-10-15-24(28)16-11-22)20(3)27(32)29-25-6-4-5-7-25/h8-11,13-16,19-20,25H,4-7,12,17-18H2,1-3H3,(H,29,32)/t20-/m1/s1. The van der Waals surface area contributed by atoms with Gasteiger partial charge in [0, 0.05) is 19.0 Å². The number of carbonyl (C=O) groups excluding carboxylic acids is 2. The lowest BCUT2D eigenvalue weighted by atomic mass is 10.00. The molecule has 4 nitrogen and oxygen atoms in total. The molecule has 1 aliphatic carbocycles. The number of nitrogens with zero attached hydrogens (tertiary/aromatic N) is 1. The third-order valence-corrected chi connectivity index (χ3v) is 6.41. The van der Waals surface area contributed by atoms with Crippen LogP contribution in [0.2, 0.25) is 0 Å². The Morgan fingerprint density at radius 2 is 1.56 bits per heavy atom. The molecule has 0 saturated heterocycles. The van der Waals surface area contributed by atoms with Crippen molar-refractivity contribution < 1.29 is 14.0 Å². The molecule has 0 aliphatic heterocycles. The molecule has 1 aliphatic rings. The Balaban J connectivity index is 1.68. The van der Waals surface area contributed by atoms with Crippen LogP contribution in [0.15, 0.2) is 48.5 Å². The van der Waals surface area contributed by atoms with Gasteiger partial charge in [-0.25, -0.2) is 4.39 Å². The van der Waals surface area contributed by atoms with Gasteiger partial charge in [-0.15, -0.1) is 0 Å². The molecule has 0 radical (unpaired) electrons. The molecule has 5 heteroatoms. The van der Waals surface area contributed by atoms with E-state index in [0.717, 1.165) is 36.8 Å². The molecular weight excluding hydrogens is 403 g/mol. The number of rotatable bonds is 9. The van der Waals surface area contributed by atoms with Crippen LogP contribution in [0, 0.1) is 5.82 Å². The number of hydrogen-bond donors (Lipinski definition) is 1. The van der Waals surface area contributed by atoms with Gasteiger partial charge in [0.1, 0.15) is 11.9 Å². The van der Waals surface area contributed by atoms with Crippen molar-refractivity contribution in [1.82, 2.24) is 10.2 Å². The quantitative estimate of drug-likeness (QED) is 0.573. The van der Waals surface area contributed by atoms with E-state index in [4.69, 9.17) is 0 Å². The van der Waals surface area contributed by atoms with Gasteiger partial charge in [-0.2, -0.15) is 0 Å². The maximum atomic E-state index is 13.3. The lowest BCUT2D eigenvalue weighted by Gasteiger charge is -2.30. The first-order valence-electron chi connectivity index (χ1n) is 11.8. The van der Waals surface area contributed by atoms with Crippen LogP contribution < -0.4 is 5.32 Å². The van der Waals surface area contributed by atoms with Crippen LogP contribution in [0.3, 0.4) is 0 Å². The van der Waals surface area contributed by atoms with Gasteiger partial charge in [0.2, 0.25) is 11.8 Å². The van der Waals surface area contributed by atoms with E-state index in [9.17, 15) is 14.0 Å². The van der Waals surface area contributed by atoms with Crippen molar-refractivity contribution in [3.05, 3.63) is 71.0 Å². The largest absolute Gasteiger partial charge is 0.352 e. The number of benzene rings is 2. The van der Waals surface area contributed by atoms with Gasteiger partial charge >= 0.3 is 0 Å². The Labute approximate surface area is 191 Å². The zero-order valence-corrected chi connectivity index (χ0v) is 19.4. The molecule has 0 heterocycles. The summed E-state index contributed by atoms with van der Waals surface area (Å²) in [6.45, 7) is 6.38. The predicted octanol–water partition coefficient (Wildman–Crippen LogP) is 5.36. The highest BCUT2D eigenvalue weighted by Crippen LogP contribution is 2.20. The molecule has 2 amide bonds. The van der Waals surface area contributed by atoms with Crippen LogP contribution in [0.1, 0.15) is 75.5 Å². The molecule has 0 unspecified atom stereocenters. The third kappa shape index (κ3) is 6.65. The SMILES string of the molecule is CC(C)c1ccc(CCC(=O)N(Cc2ccc(F)cc2)[C@H](C)C(=O)NC2CCCC2)cc1. The number of carbonyl (C=O) groups is 2. The summed E-state index contributed by atoms with van der Waals surface area (Å²) >= 11 is 0. The molecule has 2 aromatic carbocycles. The van der Waals surface area contributed by atoms with Gasteiger partial charge in [0.05, 0.1) is 0 Å². The number of aryl methyl sites for hydroxylation is 1. The van der Waals surface area contributed by atoms with E-state index in [1.165, 1.54) is 17.7 Å². The van der Waals surface area contributed by atoms with Crippen LogP contribution in [-0.2, 0) is 22.6 Å². The Morgan fingerprint density at radius 1 is 0.969 bits per heavy atom. The molecule has 1 fully saturated rings. The number of amides is 2. The fraction of sp³-hybridized carbons (Fsp3) is 0.481. The molecular formula is C27H35FN2O2. The fourth-order valence-electron chi connectivity index (χ4n) is 4.23. The normalized spacial score (nSPS) is 15.0. The summed E-state index contributed by atoms with van der Waals surface area (Å²) in [4.78, 5) is 27.7. The maximum Gasteiger partial charge on any atom is 0.242 e. The van der Waals surface area contributed by atoms with Crippen LogP contribution >= 0.6 is 0 Å². The van der Waals surface area contributed by atoms with Crippen molar-refractivity contribution in [2.45, 2.75) is 83.8 Å². The third-order valence-electron chi connectivity index (χ3n) is 6.41. The smallest absolute Gasteiger partial charge is 0.242 e. The van der Waals surface area contributed by atoms with Crippen LogP contribution in [0.4, 0.5) is 4.39 Å². The topological polar surface area (TPSA) is 49.4 Å². The van der Waals surface area contributed by atoms with Crippen molar-refractivity contribution in [3.8, 4) is 0 Å². The summed E-state index contributed by atoms with van der Waals surface area (Å²) in [5.74, 6) is -0.0374. The van der Waals surface area contributed by atoms with Gasteiger partial charge in [0.15, 0.2) is 0 Å². The second-order valence-electron chi connectivity index (χ2n) is 9.21. The average Bonchev–Trinajstić information content (AvgIpc) is 3.30. The second kappa shape index (κ2) is 11.3. The van der Waals surface area contributed by atoms with E-state index in [2.05, 4.69) is 43.4 Å². The first-order valence-corrected chi connectivity index (χ1v) is 11.8. The van der Waals surface area contributed by atoms with Crippen molar-refractivity contribution in [1.29, 1.82) is 0 Å². The van der Waals surface area contributed by atoms with E-state index in [-0.39, 0.29) is 30.2 Å². The molecule has 1 saturated carbocycles. The molecule has 1 N–H and O–H groups in total. The Kier molecular flexibility index (Phi) is 8.43.